The van der Waals surface area contributed by atoms with Crippen LogP contribution in [0.1, 0.15) is 38.8 Å². The molecular formula is C25H23ClN4O5. The van der Waals surface area contributed by atoms with E-state index in [1.54, 1.807) is 29.8 Å². The van der Waals surface area contributed by atoms with Gasteiger partial charge in [-0.1, -0.05) is 29.8 Å². The Morgan fingerprint density at radius 3 is 2.66 bits per heavy atom. The highest BCUT2D eigenvalue weighted by molar-refractivity contribution is 6.31. The van der Waals surface area contributed by atoms with Crippen LogP contribution in [0.4, 0.5) is 11.4 Å². The number of benzene rings is 2. The Bertz CT molecular complexity index is 1410. The molecule has 2 aromatic heterocycles. The number of amides is 1. The number of carbonyl (C=O) groups excluding carboxylic acids is 1. The third-order valence-corrected chi connectivity index (χ3v) is 5.90. The largest absolute Gasteiger partial charge is 0.486 e. The predicted octanol–water partition coefficient (Wildman–Crippen LogP) is 5.84. The van der Waals surface area contributed by atoms with E-state index in [4.69, 9.17) is 20.8 Å². The van der Waals surface area contributed by atoms with Crippen LogP contribution in [-0.2, 0) is 13.2 Å². The fourth-order valence-corrected chi connectivity index (χ4v) is 3.84. The van der Waals surface area contributed by atoms with E-state index in [2.05, 4.69) is 10.4 Å². The fraction of sp³-hybridized carbons (Fsp3) is 0.200. The summed E-state index contributed by atoms with van der Waals surface area (Å²) in [6.45, 7) is 5.88. The number of hydrogen-bond acceptors (Lipinski definition) is 6. The van der Waals surface area contributed by atoms with Crippen molar-refractivity contribution in [3.63, 3.8) is 0 Å². The molecule has 0 atom stereocenters. The minimum atomic E-state index is -0.444. The summed E-state index contributed by atoms with van der Waals surface area (Å²) in [7, 11) is 0. The van der Waals surface area contributed by atoms with Gasteiger partial charge < -0.3 is 14.5 Å². The van der Waals surface area contributed by atoms with Crippen LogP contribution < -0.4 is 10.1 Å². The van der Waals surface area contributed by atoms with Gasteiger partial charge >= 0.3 is 0 Å². The predicted molar refractivity (Wildman–Crippen MR) is 131 cm³/mol. The lowest BCUT2D eigenvalue weighted by atomic mass is 10.2. The minimum Gasteiger partial charge on any atom is -0.486 e. The molecule has 180 valence electrons. The molecule has 0 bridgehead atoms. The second kappa shape index (κ2) is 10.0. The first kappa shape index (κ1) is 24.0. The van der Waals surface area contributed by atoms with Gasteiger partial charge in [0.2, 0.25) is 0 Å². The molecular weight excluding hydrogens is 472 g/mol. The zero-order valence-corrected chi connectivity index (χ0v) is 20.1. The van der Waals surface area contributed by atoms with Crippen molar-refractivity contribution < 1.29 is 18.9 Å². The number of aryl methyl sites for hydroxylation is 2. The number of carbonyl (C=O) groups is 1. The number of ether oxygens (including phenoxy) is 1. The molecule has 2 heterocycles. The van der Waals surface area contributed by atoms with Crippen LogP contribution in [0.2, 0.25) is 5.02 Å². The highest BCUT2D eigenvalue weighted by atomic mass is 35.5. The van der Waals surface area contributed by atoms with E-state index in [-0.39, 0.29) is 18.1 Å². The number of nitrogens with zero attached hydrogens (tertiary/aromatic N) is 3. The topological polar surface area (TPSA) is 112 Å². The van der Waals surface area contributed by atoms with Crippen LogP contribution in [0.5, 0.6) is 5.75 Å². The number of aromatic nitrogens is 2. The lowest BCUT2D eigenvalue weighted by Gasteiger charge is -2.08. The Kier molecular flexibility index (Phi) is 6.88. The first-order valence-corrected chi connectivity index (χ1v) is 11.2. The molecule has 0 aliphatic heterocycles. The Labute approximate surface area is 206 Å². The second-order valence-corrected chi connectivity index (χ2v) is 8.42. The Morgan fingerprint density at radius 2 is 1.94 bits per heavy atom. The summed E-state index contributed by atoms with van der Waals surface area (Å²) in [4.78, 5) is 23.3. The Hall–Kier alpha value is -4.11. The van der Waals surface area contributed by atoms with Crippen molar-refractivity contribution in [3.8, 4) is 5.75 Å². The van der Waals surface area contributed by atoms with Crippen molar-refractivity contribution in [2.24, 2.45) is 0 Å². The van der Waals surface area contributed by atoms with E-state index in [1.165, 1.54) is 12.1 Å². The molecule has 0 aliphatic rings. The average molecular weight is 495 g/mol. The first-order valence-electron chi connectivity index (χ1n) is 10.8. The maximum Gasteiger partial charge on any atom is 0.291 e. The van der Waals surface area contributed by atoms with E-state index in [0.29, 0.717) is 40.0 Å². The summed E-state index contributed by atoms with van der Waals surface area (Å²) in [6.07, 6.45) is 0. The summed E-state index contributed by atoms with van der Waals surface area (Å²) in [5.41, 5.74) is 3.52. The zero-order chi connectivity index (χ0) is 25.1. The molecule has 0 aliphatic carbocycles. The van der Waals surface area contributed by atoms with Gasteiger partial charge in [0.1, 0.15) is 18.1 Å². The van der Waals surface area contributed by atoms with Crippen LogP contribution in [0.25, 0.3) is 0 Å². The zero-order valence-electron chi connectivity index (χ0n) is 19.4. The maximum atomic E-state index is 12.8. The SMILES string of the molecule is Cc1cc(OCc2ccc(C(=O)Nc3c(C)nn(Cc4ccccc4Cl)c3C)o2)ccc1[N+](=O)[O-]. The number of nitro groups is 1. The highest BCUT2D eigenvalue weighted by Crippen LogP contribution is 2.25. The summed E-state index contributed by atoms with van der Waals surface area (Å²) in [5.74, 6) is 0.619. The maximum absolute atomic E-state index is 12.8. The van der Waals surface area contributed by atoms with Gasteiger partial charge in [-0.05, 0) is 56.7 Å². The van der Waals surface area contributed by atoms with Crippen molar-refractivity contribution in [3.05, 3.63) is 104 Å². The van der Waals surface area contributed by atoms with Gasteiger partial charge in [-0.15, -0.1) is 0 Å². The van der Waals surface area contributed by atoms with Crippen molar-refractivity contribution >= 4 is 28.9 Å². The number of anilines is 1. The normalized spacial score (nSPS) is 10.9. The molecule has 0 radical (unpaired) electrons. The molecule has 10 heteroatoms. The monoisotopic (exact) mass is 494 g/mol. The summed E-state index contributed by atoms with van der Waals surface area (Å²) >= 11 is 6.27. The summed E-state index contributed by atoms with van der Waals surface area (Å²) in [6, 6.07) is 15.2. The summed E-state index contributed by atoms with van der Waals surface area (Å²) < 4.78 is 13.1. The standard InChI is InChI=1S/C25H23ClN4O5/c1-15-12-19(8-10-22(15)30(32)33)34-14-20-9-11-23(35-20)25(31)27-24-16(2)28-29(17(24)3)13-18-6-4-5-7-21(18)26/h4-12H,13-14H2,1-3H3,(H,27,31). The van der Waals surface area contributed by atoms with E-state index in [1.807, 2.05) is 38.1 Å². The Morgan fingerprint density at radius 1 is 1.17 bits per heavy atom. The van der Waals surface area contributed by atoms with Crippen molar-refractivity contribution in [1.29, 1.82) is 0 Å². The molecule has 9 nitrogen and oxygen atoms in total. The molecule has 1 N–H and O–H groups in total. The van der Waals surface area contributed by atoms with Crippen molar-refractivity contribution in [2.75, 3.05) is 5.32 Å². The van der Waals surface area contributed by atoms with E-state index in [9.17, 15) is 14.9 Å². The third kappa shape index (κ3) is 5.36. The molecule has 4 aromatic rings. The van der Waals surface area contributed by atoms with Crippen LogP contribution in [0.3, 0.4) is 0 Å². The van der Waals surface area contributed by atoms with Gasteiger partial charge in [-0.25, -0.2) is 0 Å². The van der Waals surface area contributed by atoms with Gasteiger partial charge in [0.05, 0.1) is 28.5 Å². The smallest absolute Gasteiger partial charge is 0.291 e. The van der Waals surface area contributed by atoms with Crippen LogP contribution >= 0.6 is 11.6 Å². The molecule has 4 rings (SSSR count). The molecule has 0 fully saturated rings. The number of nitro benzene ring substituents is 1. The minimum absolute atomic E-state index is 0.0232. The van der Waals surface area contributed by atoms with E-state index < -0.39 is 10.8 Å². The Balaban J connectivity index is 1.41. The molecule has 35 heavy (non-hydrogen) atoms. The van der Waals surface area contributed by atoms with Gasteiger partial charge in [-0.2, -0.15) is 5.10 Å². The van der Waals surface area contributed by atoms with Crippen LogP contribution in [0, 0.1) is 30.9 Å². The van der Waals surface area contributed by atoms with Crippen molar-refractivity contribution in [2.45, 2.75) is 33.9 Å². The molecule has 0 spiro atoms. The average Bonchev–Trinajstić information content (AvgIpc) is 3.39. The molecule has 2 aromatic carbocycles. The number of nitrogens with one attached hydrogen (secondary N) is 1. The van der Waals surface area contributed by atoms with Crippen molar-refractivity contribution in [1.82, 2.24) is 9.78 Å². The molecule has 0 unspecified atom stereocenters. The van der Waals surface area contributed by atoms with Gasteiger partial charge in [0.15, 0.2) is 5.76 Å². The van der Waals surface area contributed by atoms with Gasteiger partial charge in [0, 0.05) is 16.7 Å². The molecule has 1 amide bonds. The number of hydrogen-bond donors (Lipinski definition) is 1. The fourth-order valence-electron chi connectivity index (χ4n) is 3.65. The molecule has 0 saturated carbocycles. The lowest BCUT2D eigenvalue weighted by Crippen LogP contribution is -2.12. The lowest BCUT2D eigenvalue weighted by molar-refractivity contribution is -0.385. The van der Waals surface area contributed by atoms with Crippen LogP contribution in [-0.4, -0.2) is 20.6 Å². The van der Waals surface area contributed by atoms with Gasteiger partial charge in [0.25, 0.3) is 11.6 Å². The van der Waals surface area contributed by atoms with E-state index >= 15 is 0 Å². The number of rotatable bonds is 8. The number of furan rings is 1. The number of halogens is 1. The van der Waals surface area contributed by atoms with Gasteiger partial charge in [-0.3, -0.25) is 19.6 Å². The highest BCUT2D eigenvalue weighted by Gasteiger charge is 2.18. The molecule has 0 saturated heterocycles. The summed E-state index contributed by atoms with van der Waals surface area (Å²) in [5, 5.41) is 19.0. The van der Waals surface area contributed by atoms with Crippen LogP contribution in [0.15, 0.2) is 59.0 Å². The third-order valence-electron chi connectivity index (χ3n) is 5.53. The quantitative estimate of drug-likeness (QED) is 0.243. The first-order chi connectivity index (χ1) is 16.7. The van der Waals surface area contributed by atoms with E-state index in [0.717, 1.165) is 11.3 Å². The second-order valence-electron chi connectivity index (χ2n) is 8.01.